The Morgan fingerprint density at radius 1 is 1.65 bits per heavy atom. The van der Waals surface area contributed by atoms with Gasteiger partial charge in [0.1, 0.15) is 6.04 Å². The average Bonchev–Trinajstić information content (AvgIpc) is 2.72. The summed E-state index contributed by atoms with van der Waals surface area (Å²) < 4.78 is 0. The standard InChI is InChI=1S/C12H20N2O2S/c1-8-4-5-17-10(8)12(2,3)7-14-11(16)9(13)6-15/h4-5,9,15H,6-7,13H2,1-3H3,(H,14,16). The maximum Gasteiger partial charge on any atom is 0.239 e. The molecule has 1 unspecified atom stereocenters. The highest BCUT2D eigenvalue weighted by Crippen LogP contribution is 2.30. The highest BCUT2D eigenvalue weighted by molar-refractivity contribution is 7.10. The third-order valence-corrected chi connectivity index (χ3v) is 4.10. The summed E-state index contributed by atoms with van der Waals surface area (Å²) in [6.07, 6.45) is 0. The summed E-state index contributed by atoms with van der Waals surface area (Å²) in [6.45, 7) is 6.41. The van der Waals surface area contributed by atoms with E-state index in [4.69, 9.17) is 10.8 Å². The molecule has 0 saturated carbocycles. The first-order valence-corrected chi connectivity index (χ1v) is 6.45. The minimum Gasteiger partial charge on any atom is -0.394 e. The fourth-order valence-electron chi connectivity index (χ4n) is 1.67. The molecule has 1 atom stereocenters. The largest absolute Gasteiger partial charge is 0.394 e. The second-order valence-electron chi connectivity index (χ2n) is 4.82. The second kappa shape index (κ2) is 5.62. The number of carbonyl (C=O) groups is 1. The maximum atomic E-state index is 11.5. The molecule has 0 fully saturated rings. The Bertz CT molecular complexity index is 388. The zero-order valence-electron chi connectivity index (χ0n) is 10.5. The SMILES string of the molecule is Cc1ccsc1C(C)(C)CNC(=O)C(N)CO. The lowest BCUT2D eigenvalue weighted by atomic mass is 9.89. The first-order valence-electron chi connectivity index (χ1n) is 5.57. The highest BCUT2D eigenvalue weighted by atomic mass is 32.1. The van der Waals surface area contributed by atoms with E-state index in [9.17, 15) is 4.79 Å². The van der Waals surface area contributed by atoms with Crippen molar-refractivity contribution in [3.05, 3.63) is 21.9 Å². The molecule has 0 radical (unpaired) electrons. The molecule has 0 saturated heterocycles. The van der Waals surface area contributed by atoms with Gasteiger partial charge in [-0.05, 0) is 23.9 Å². The number of nitrogens with two attached hydrogens (primary N) is 1. The Balaban J connectivity index is 2.62. The van der Waals surface area contributed by atoms with Gasteiger partial charge in [0, 0.05) is 16.8 Å². The van der Waals surface area contributed by atoms with E-state index in [1.54, 1.807) is 11.3 Å². The Labute approximate surface area is 106 Å². The van der Waals surface area contributed by atoms with Gasteiger partial charge in [0.15, 0.2) is 0 Å². The maximum absolute atomic E-state index is 11.5. The minimum absolute atomic E-state index is 0.122. The van der Waals surface area contributed by atoms with E-state index in [1.165, 1.54) is 10.4 Å². The molecule has 0 aromatic carbocycles. The van der Waals surface area contributed by atoms with Gasteiger partial charge < -0.3 is 16.2 Å². The number of aryl methyl sites for hydroxylation is 1. The molecule has 17 heavy (non-hydrogen) atoms. The summed E-state index contributed by atoms with van der Waals surface area (Å²) in [5.41, 5.74) is 6.55. The van der Waals surface area contributed by atoms with Crippen LogP contribution < -0.4 is 11.1 Å². The van der Waals surface area contributed by atoms with Gasteiger partial charge in [0.05, 0.1) is 6.61 Å². The summed E-state index contributed by atoms with van der Waals surface area (Å²) >= 11 is 1.69. The van der Waals surface area contributed by atoms with Crippen LogP contribution in [0.15, 0.2) is 11.4 Å². The molecule has 4 nitrogen and oxygen atoms in total. The lowest BCUT2D eigenvalue weighted by Gasteiger charge is -2.25. The van der Waals surface area contributed by atoms with E-state index in [0.717, 1.165) is 0 Å². The van der Waals surface area contributed by atoms with Crippen LogP contribution in [0, 0.1) is 6.92 Å². The van der Waals surface area contributed by atoms with E-state index in [0.29, 0.717) is 6.54 Å². The van der Waals surface area contributed by atoms with Gasteiger partial charge in [-0.25, -0.2) is 0 Å². The van der Waals surface area contributed by atoms with Crippen LogP contribution in [0.3, 0.4) is 0 Å². The van der Waals surface area contributed by atoms with E-state index in [-0.39, 0.29) is 17.9 Å². The number of amides is 1. The molecule has 96 valence electrons. The Kier molecular flexibility index (Phi) is 4.68. The van der Waals surface area contributed by atoms with Crippen molar-refractivity contribution in [2.45, 2.75) is 32.2 Å². The van der Waals surface area contributed by atoms with Crippen molar-refractivity contribution in [1.29, 1.82) is 0 Å². The van der Waals surface area contributed by atoms with Gasteiger partial charge in [-0.15, -0.1) is 11.3 Å². The molecule has 4 N–H and O–H groups in total. The number of aliphatic hydroxyl groups is 1. The number of carbonyl (C=O) groups excluding carboxylic acids is 1. The smallest absolute Gasteiger partial charge is 0.239 e. The van der Waals surface area contributed by atoms with E-state index in [1.807, 2.05) is 5.38 Å². The van der Waals surface area contributed by atoms with Crippen LogP contribution in [0.1, 0.15) is 24.3 Å². The molecule has 1 rings (SSSR count). The van der Waals surface area contributed by atoms with Crippen molar-refractivity contribution in [3.63, 3.8) is 0 Å². The van der Waals surface area contributed by atoms with Crippen molar-refractivity contribution in [1.82, 2.24) is 5.32 Å². The minimum atomic E-state index is -0.838. The lowest BCUT2D eigenvalue weighted by Crippen LogP contribution is -2.46. The first-order chi connectivity index (χ1) is 7.88. The predicted molar refractivity (Wildman–Crippen MR) is 70.2 cm³/mol. The number of hydrogen-bond acceptors (Lipinski definition) is 4. The van der Waals surface area contributed by atoms with Crippen molar-refractivity contribution < 1.29 is 9.90 Å². The van der Waals surface area contributed by atoms with Gasteiger partial charge in [0.25, 0.3) is 0 Å². The fourth-order valence-corrected chi connectivity index (χ4v) is 2.72. The summed E-state index contributed by atoms with van der Waals surface area (Å²) in [7, 11) is 0. The third-order valence-electron chi connectivity index (χ3n) is 2.71. The van der Waals surface area contributed by atoms with Crippen molar-refractivity contribution in [3.8, 4) is 0 Å². The number of hydrogen-bond donors (Lipinski definition) is 3. The molecule has 0 bridgehead atoms. The zero-order chi connectivity index (χ0) is 13.1. The summed E-state index contributed by atoms with van der Waals surface area (Å²) in [6, 6.07) is 1.23. The number of nitrogens with one attached hydrogen (secondary N) is 1. The van der Waals surface area contributed by atoms with E-state index in [2.05, 4.69) is 32.2 Å². The molecule has 1 heterocycles. The molecule has 1 amide bonds. The molecule has 5 heteroatoms. The summed E-state index contributed by atoms with van der Waals surface area (Å²) in [4.78, 5) is 12.7. The van der Waals surface area contributed by atoms with Gasteiger partial charge in [-0.3, -0.25) is 4.79 Å². The zero-order valence-corrected chi connectivity index (χ0v) is 11.3. The number of thiophene rings is 1. The number of aliphatic hydroxyl groups excluding tert-OH is 1. The monoisotopic (exact) mass is 256 g/mol. The molecule has 0 spiro atoms. The van der Waals surface area contributed by atoms with Gasteiger partial charge in [0.2, 0.25) is 5.91 Å². The topological polar surface area (TPSA) is 75.4 Å². The fraction of sp³-hybridized carbons (Fsp3) is 0.583. The van der Waals surface area contributed by atoms with Crippen molar-refractivity contribution in [2.75, 3.05) is 13.2 Å². The molecular weight excluding hydrogens is 236 g/mol. The lowest BCUT2D eigenvalue weighted by molar-refractivity contribution is -0.123. The second-order valence-corrected chi connectivity index (χ2v) is 5.74. The summed E-state index contributed by atoms with van der Waals surface area (Å²) in [5, 5.41) is 13.6. The van der Waals surface area contributed by atoms with E-state index >= 15 is 0 Å². The van der Waals surface area contributed by atoms with Crippen LogP contribution in [-0.4, -0.2) is 30.2 Å². The van der Waals surface area contributed by atoms with Crippen LogP contribution in [0.5, 0.6) is 0 Å². The molecular formula is C12H20N2O2S. The van der Waals surface area contributed by atoms with Crippen LogP contribution >= 0.6 is 11.3 Å². The van der Waals surface area contributed by atoms with Crippen LogP contribution in [-0.2, 0) is 10.2 Å². The first kappa shape index (κ1) is 14.2. The van der Waals surface area contributed by atoms with Crippen LogP contribution in [0.2, 0.25) is 0 Å². The summed E-state index contributed by atoms with van der Waals surface area (Å²) in [5.74, 6) is -0.310. The normalized spacial score (nSPS) is 13.5. The van der Waals surface area contributed by atoms with Crippen molar-refractivity contribution in [2.24, 2.45) is 5.73 Å². The molecule has 1 aromatic rings. The Morgan fingerprint density at radius 2 is 2.29 bits per heavy atom. The van der Waals surface area contributed by atoms with Gasteiger partial charge in [-0.1, -0.05) is 13.8 Å². The van der Waals surface area contributed by atoms with Crippen molar-refractivity contribution >= 4 is 17.2 Å². The highest BCUT2D eigenvalue weighted by Gasteiger charge is 2.25. The molecule has 0 aliphatic heterocycles. The quantitative estimate of drug-likeness (QED) is 0.728. The van der Waals surface area contributed by atoms with Gasteiger partial charge >= 0.3 is 0 Å². The Hall–Kier alpha value is -0.910. The molecule has 0 aliphatic rings. The molecule has 0 aliphatic carbocycles. The van der Waals surface area contributed by atoms with Crippen LogP contribution in [0.4, 0.5) is 0 Å². The average molecular weight is 256 g/mol. The van der Waals surface area contributed by atoms with Gasteiger partial charge in [-0.2, -0.15) is 0 Å². The van der Waals surface area contributed by atoms with Crippen LogP contribution in [0.25, 0.3) is 0 Å². The third kappa shape index (κ3) is 3.52. The predicted octanol–water partition coefficient (Wildman–Crippen LogP) is 0.770. The van der Waals surface area contributed by atoms with E-state index < -0.39 is 6.04 Å². The number of rotatable bonds is 5. The molecule has 1 aromatic heterocycles. The Morgan fingerprint density at radius 3 is 2.76 bits per heavy atom.